The lowest BCUT2D eigenvalue weighted by Crippen LogP contribution is -2.51. The molecule has 0 aliphatic heterocycles. The Hall–Kier alpha value is -3.24. The number of carbonyl (C=O) groups is 2. The summed E-state index contributed by atoms with van der Waals surface area (Å²) < 4.78 is 42.6. The molecule has 0 heterocycles. The van der Waals surface area contributed by atoms with Crippen LogP contribution in [0.25, 0.3) is 0 Å². The maximum atomic E-state index is 13.8. The van der Waals surface area contributed by atoms with Gasteiger partial charge in [0.1, 0.15) is 18.4 Å². The van der Waals surface area contributed by atoms with Gasteiger partial charge in [0.05, 0.1) is 10.6 Å². The molecule has 1 atom stereocenters. The topological polar surface area (TPSA) is 86.8 Å². The molecule has 0 spiro atoms. The molecule has 7 nitrogen and oxygen atoms in total. The van der Waals surface area contributed by atoms with Gasteiger partial charge in [-0.3, -0.25) is 13.9 Å². The SMILES string of the molecule is CC(C)CNC(=O)[C@@H](C)N(Cc1ccc(Br)cc1)C(=O)CN(c1ccccc1)S(=O)(=O)c1ccc(F)cc1. The van der Waals surface area contributed by atoms with Crippen molar-refractivity contribution in [1.29, 1.82) is 0 Å². The number of rotatable bonds is 11. The third-order valence-electron chi connectivity index (χ3n) is 5.84. The number of nitrogens with one attached hydrogen (secondary N) is 1. The quantitative estimate of drug-likeness (QED) is 0.335. The zero-order valence-electron chi connectivity index (χ0n) is 21.5. The third-order valence-corrected chi connectivity index (χ3v) is 8.16. The van der Waals surface area contributed by atoms with E-state index in [2.05, 4.69) is 21.2 Å². The van der Waals surface area contributed by atoms with E-state index in [4.69, 9.17) is 0 Å². The van der Waals surface area contributed by atoms with Gasteiger partial charge in [-0.2, -0.15) is 0 Å². The number of benzene rings is 3. The molecule has 3 aromatic rings. The molecule has 2 amide bonds. The number of sulfonamides is 1. The molecule has 0 unspecified atom stereocenters. The molecule has 1 N–H and O–H groups in total. The molecule has 202 valence electrons. The van der Waals surface area contributed by atoms with Crippen molar-refractivity contribution in [3.05, 3.63) is 94.7 Å². The lowest BCUT2D eigenvalue weighted by molar-refractivity contribution is -0.139. The first-order chi connectivity index (χ1) is 18.0. The molecule has 3 rings (SSSR count). The highest BCUT2D eigenvalue weighted by Crippen LogP contribution is 2.25. The lowest BCUT2D eigenvalue weighted by Gasteiger charge is -2.32. The van der Waals surface area contributed by atoms with Crippen LogP contribution >= 0.6 is 15.9 Å². The van der Waals surface area contributed by atoms with E-state index in [0.29, 0.717) is 6.54 Å². The second-order valence-electron chi connectivity index (χ2n) is 9.26. The van der Waals surface area contributed by atoms with Gasteiger partial charge in [0.25, 0.3) is 10.0 Å². The maximum Gasteiger partial charge on any atom is 0.264 e. The molecule has 0 aliphatic carbocycles. The van der Waals surface area contributed by atoms with E-state index >= 15 is 0 Å². The Balaban J connectivity index is 1.97. The van der Waals surface area contributed by atoms with Crippen LogP contribution in [0.4, 0.5) is 10.1 Å². The fourth-order valence-electron chi connectivity index (χ4n) is 3.68. The van der Waals surface area contributed by atoms with Crippen molar-refractivity contribution >= 4 is 43.5 Å². The van der Waals surface area contributed by atoms with E-state index in [-0.39, 0.29) is 29.0 Å². The Bertz CT molecular complexity index is 1330. The van der Waals surface area contributed by atoms with E-state index in [0.717, 1.165) is 38.6 Å². The van der Waals surface area contributed by atoms with Gasteiger partial charge >= 0.3 is 0 Å². The van der Waals surface area contributed by atoms with Crippen LogP contribution in [0.2, 0.25) is 0 Å². The standard InChI is InChI=1S/C28H31BrFN3O4S/c1-20(2)17-31-28(35)21(3)32(18-22-9-11-23(29)12-10-22)27(34)19-33(25-7-5-4-6-8-25)38(36,37)26-15-13-24(30)14-16-26/h4-16,20-21H,17-19H2,1-3H3,(H,31,35)/t21-/m1/s1. The lowest BCUT2D eigenvalue weighted by atomic mass is 10.1. The minimum absolute atomic E-state index is 0.0988. The number of carbonyl (C=O) groups excluding carboxylic acids is 2. The van der Waals surface area contributed by atoms with Crippen LogP contribution in [0.5, 0.6) is 0 Å². The van der Waals surface area contributed by atoms with Crippen LogP contribution in [0.3, 0.4) is 0 Å². The van der Waals surface area contributed by atoms with E-state index in [9.17, 15) is 22.4 Å². The summed E-state index contributed by atoms with van der Waals surface area (Å²) in [7, 11) is -4.23. The van der Waals surface area contributed by atoms with Crippen molar-refractivity contribution in [2.75, 3.05) is 17.4 Å². The second kappa shape index (κ2) is 13.0. The van der Waals surface area contributed by atoms with Gasteiger partial charge in [-0.1, -0.05) is 60.1 Å². The summed E-state index contributed by atoms with van der Waals surface area (Å²) in [6, 6.07) is 19.1. The summed E-state index contributed by atoms with van der Waals surface area (Å²) in [6.07, 6.45) is 0. The van der Waals surface area contributed by atoms with E-state index in [1.54, 1.807) is 37.3 Å². The Morgan fingerprint density at radius 1 is 0.921 bits per heavy atom. The van der Waals surface area contributed by atoms with E-state index < -0.39 is 34.3 Å². The summed E-state index contributed by atoms with van der Waals surface area (Å²) in [5.41, 5.74) is 1.04. The molecule has 0 aliphatic rings. The minimum Gasteiger partial charge on any atom is -0.354 e. The zero-order valence-corrected chi connectivity index (χ0v) is 23.9. The molecule has 3 aromatic carbocycles. The number of hydrogen-bond acceptors (Lipinski definition) is 4. The van der Waals surface area contributed by atoms with Gasteiger partial charge in [0.15, 0.2) is 0 Å². The molecule has 0 saturated carbocycles. The third kappa shape index (κ3) is 7.64. The maximum absolute atomic E-state index is 13.8. The van der Waals surface area contributed by atoms with Crippen LogP contribution in [0, 0.1) is 11.7 Å². The van der Waals surface area contributed by atoms with Gasteiger partial charge in [-0.25, -0.2) is 12.8 Å². The molecule has 0 radical (unpaired) electrons. The highest BCUT2D eigenvalue weighted by atomic mass is 79.9. The van der Waals surface area contributed by atoms with Gasteiger partial charge in [-0.05, 0) is 66.9 Å². The Kier molecular flexibility index (Phi) is 10.0. The summed E-state index contributed by atoms with van der Waals surface area (Å²) in [5.74, 6) is -1.25. The Labute approximate surface area is 231 Å². The van der Waals surface area contributed by atoms with Crippen LogP contribution in [0.15, 0.2) is 88.2 Å². The predicted molar refractivity (Wildman–Crippen MR) is 149 cm³/mol. The van der Waals surface area contributed by atoms with Gasteiger partial charge in [-0.15, -0.1) is 0 Å². The molecule has 0 bridgehead atoms. The van der Waals surface area contributed by atoms with Gasteiger partial charge in [0.2, 0.25) is 11.8 Å². The van der Waals surface area contributed by atoms with Crippen LogP contribution in [-0.2, 0) is 26.2 Å². The zero-order chi connectivity index (χ0) is 27.9. The highest BCUT2D eigenvalue weighted by molar-refractivity contribution is 9.10. The minimum atomic E-state index is -4.23. The van der Waals surface area contributed by atoms with Gasteiger partial charge in [0, 0.05) is 17.6 Å². The fourth-order valence-corrected chi connectivity index (χ4v) is 5.36. The first-order valence-corrected chi connectivity index (χ1v) is 14.4. The number of nitrogens with zero attached hydrogens (tertiary/aromatic N) is 2. The monoisotopic (exact) mass is 603 g/mol. The van der Waals surface area contributed by atoms with E-state index in [1.165, 1.54) is 4.90 Å². The van der Waals surface area contributed by atoms with Gasteiger partial charge < -0.3 is 10.2 Å². The molecular formula is C28H31BrFN3O4S. The van der Waals surface area contributed by atoms with Crippen molar-refractivity contribution in [3.63, 3.8) is 0 Å². The predicted octanol–water partition coefficient (Wildman–Crippen LogP) is 4.97. The molecule has 0 aromatic heterocycles. The summed E-state index contributed by atoms with van der Waals surface area (Å²) in [5, 5.41) is 2.85. The summed E-state index contributed by atoms with van der Waals surface area (Å²) in [6.45, 7) is 5.54. The van der Waals surface area contributed by atoms with Crippen molar-refractivity contribution in [1.82, 2.24) is 10.2 Å². The highest BCUT2D eigenvalue weighted by Gasteiger charge is 2.32. The molecule has 38 heavy (non-hydrogen) atoms. The molecular weight excluding hydrogens is 573 g/mol. The van der Waals surface area contributed by atoms with Crippen molar-refractivity contribution < 1.29 is 22.4 Å². The van der Waals surface area contributed by atoms with Crippen LogP contribution in [-0.4, -0.2) is 44.3 Å². The number of hydrogen-bond donors (Lipinski definition) is 1. The largest absolute Gasteiger partial charge is 0.354 e. The molecule has 0 saturated heterocycles. The first kappa shape index (κ1) is 29.3. The van der Waals surface area contributed by atoms with E-state index in [1.807, 2.05) is 38.1 Å². The fraction of sp³-hybridized carbons (Fsp3) is 0.286. The molecule has 10 heteroatoms. The van der Waals surface area contributed by atoms with Crippen LogP contribution in [0.1, 0.15) is 26.3 Å². The van der Waals surface area contributed by atoms with Crippen molar-refractivity contribution in [2.45, 2.75) is 38.3 Å². The smallest absolute Gasteiger partial charge is 0.264 e. The van der Waals surface area contributed by atoms with Crippen molar-refractivity contribution in [2.24, 2.45) is 5.92 Å². The van der Waals surface area contributed by atoms with Crippen molar-refractivity contribution in [3.8, 4) is 0 Å². The number of halogens is 2. The number of amides is 2. The summed E-state index contributed by atoms with van der Waals surface area (Å²) >= 11 is 3.39. The molecule has 0 fully saturated rings. The normalized spacial score (nSPS) is 12.2. The Morgan fingerprint density at radius 3 is 2.11 bits per heavy atom. The summed E-state index contributed by atoms with van der Waals surface area (Å²) in [4.78, 5) is 28.0. The Morgan fingerprint density at radius 2 is 1.53 bits per heavy atom. The second-order valence-corrected chi connectivity index (χ2v) is 12.0. The van der Waals surface area contributed by atoms with Crippen LogP contribution < -0.4 is 9.62 Å². The number of anilines is 1. The average molecular weight is 605 g/mol. The number of para-hydroxylation sites is 1. The average Bonchev–Trinajstić information content (AvgIpc) is 2.90. The first-order valence-electron chi connectivity index (χ1n) is 12.1.